The molecule has 1 amide bonds. The van der Waals surface area contributed by atoms with E-state index in [0.29, 0.717) is 17.3 Å². The van der Waals surface area contributed by atoms with Crippen molar-refractivity contribution >= 4 is 31.9 Å². The van der Waals surface area contributed by atoms with Crippen LogP contribution >= 0.6 is 15.9 Å². The highest BCUT2D eigenvalue weighted by Crippen LogP contribution is 2.30. The van der Waals surface area contributed by atoms with E-state index in [0.717, 1.165) is 10.4 Å². The fourth-order valence-electron chi connectivity index (χ4n) is 2.44. The van der Waals surface area contributed by atoms with Gasteiger partial charge >= 0.3 is 0 Å². The number of sulfonamides is 1. The summed E-state index contributed by atoms with van der Waals surface area (Å²) in [6, 6.07) is 3.45. The van der Waals surface area contributed by atoms with Crippen LogP contribution in [0.25, 0.3) is 0 Å². The van der Waals surface area contributed by atoms with Crippen molar-refractivity contribution in [3.05, 3.63) is 28.5 Å². The normalized spacial score (nSPS) is 24.0. The minimum absolute atomic E-state index is 0.00914. The Kier molecular flexibility index (Phi) is 4.69. The number of nitrogens with two attached hydrogens (primary N) is 1. The summed E-state index contributed by atoms with van der Waals surface area (Å²) in [6.45, 7) is 1.73. The minimum Gasteiger partial charge on any atom is -0.369 e. The summed E-state index contributed by atoms with van der Waals surface area (Å²) in [7, 11) is -4.01. The van der Waals surface area contributed by atoms with Gasteiger partial charge in [-0.05, 0) is 38.0 Å². The van der Waals surface area contributed by atoms with Crippen molar-refractivity contribution in [3.63, 3.8) is 0 Å². The maximum Gasteiger partial charge on any atom is 0.246 e. The van der Waals surface area contributed by atoms with Gasteiger partial charge in [0.2, 0.25) is 15.9 Å². The number of rotatable bonds is 3. The highest BCUT2D eigenvalue weighted by molar-refractivity contribution is 9.10. The van der Waals surface area contributed by atoms with Gasteiger partial charge in [0.05, 0.1) is 5.92 Å². The third kappa shape index (κ3) is 3.27. The predicted octanol–water partition coefficient (Wildman–Crippen LogP) is 1.86. The Morgan fingerprint density at radius 2 is 2.10 bits per heavy atom. The van der Waals surface area contributed by atoms with Gasteiger partial charge in [-0.1, -0.05) is 15.9 Å². The molecule has 1 aromatic rings. The van der Waals surface area contributed by atoms with Gasteiger partial charge in [-0.3, -0.25) is 4.79 Å². The van der Waals surface area contributed by atoms with Gasteiger partial charge in [-0.25, -0.2) is 12.8 Å². The molecule has 1 aliphatic rings. The molecule has 1 aromatic carbocycles. The molecule has 1 heterocycles. The molecule has 0 bridgehead atoms. The van der Waals surface area contributed by atoms with E-state index in [9.17, 15) is 17.6 Å². The lowest BCUT2D eigenvalue weighted by molar-refractivity contribution is -0.123. The first-order valence-electron chi connectivity index (χ1n) is 6.49. The number of benzene rings is 1. The lowest BCUT2D eigenvalue weighted by Crippen LogP contribution is -2.48. The molecule has 0 spiro atoms. The standard InChI is InChI=1S/C13H16BrFN2O3S/c1-8-2-3-9(13(16)18)7-17(8)21(19,20)12-6-10(14)4-5-11(12)15/h4-6,8-9H,2-3,7H2,1H3,(H2,16,18)/t8-,9-/m1/s1. The third-order valence-corrected chi connectivity index (χ3v) is 6.20. The van der Waals surface area contributed by atoms with Crippen LogP contribution in [0, 0.1) is 11.7 Å². The summed E-state index contributed by atoms with van der Waals surface area (Å²) < 4.78 is 40.8. The lowest BCUT2D eigenvalue weighted by atomic mass is 9.95. The van der Waals surface area contributed by atoms with Gasteiger partial charge in [0.15, 0.2) is 0 Å². The number of nitrogens with zero attached hydrogens (tertiary/aromatic N) is 1. The Balaban J connectivity index is 2.42. The molecule has 21 heavy (non-hydrogen) atoms. The average Bonchev–Trinajstić information content (AvgIpc) is 2.41. The van der Waals surface area contributed by atoms with E-state index >= 15 is 0 Å². The van der Waals surface area contributed by atoms with Crippen molar-refractivity contribution in [1.82, 2.24) is 4.31 Å². The van der Waals surface area contributed by atoms with Crippen LogP contribution in [0.2, 0.25) is 0 Å². The molecule has 2 N–H and O–H groups in total. The quantitative estimate of drug-likeness (QED) is 0.871. The van der Waals surface area contributed by atoms with Crippen molar-refractivity contribution in [2.24, 2.45) is 11.7 Å². The zero-order valence-corrected chi connectivity index (χ0v) is 13.8. The fourth-order valence-corrected chi connectivity index (χ4v) is 4.75. The highest BCUT2D eigenvalue weighted by atomic mass is 79.9. The summed E-state index contributed by atoms with van der Waals surface area (Å²) in [5.74, 6) is -1.88. The van der Waals surface area contributed by atoms with Crippen LogP contribution in [0.1, 0.15) is 19.8 Å². The Morgan fingerprint density at radius 3 is 2.71 bits per heavy atom. The number of carbonyl (C=O) groups is 1. The summed E-state index contributed by atoms with van der Waals surface area (Å²) in [5.41, 5.74) is 5.27. The van der Waals surface area contributed by atoms with Gasteiger partial charge in [-0.15, -0.1) is 0 Å². The summed E-state index contributed by atoms with van der Waals surface area (Å²) in [4.78, 5) is 10.9. The number of piperidine rings is 1. The summed E-state index contributed by atoms with van der Waals surface area (Å²) in [5, 5.41) is 0. The lowest BCUT2D eigenvalue weighted by Gasteiger charge is -2.35. The highest BCUT2D eigenvalue weighted by Gasteiger charge is 2.37. The molecule has 0 unspecified atom stereocenters. The van der Waals surface area contributed by atoms with Gasteiger partial charge in [0.1, 0.15) is 10.7 Å². The third-order valence-electron chi connectivity index (χ3n) is 3.71. The molecular weight excluding hydrogens is 363 g/mol. The van der Waals surface area contributed by atoms with E-state index in [1.807, 2.05) is 0 Å². The molecule has 0 saturated carbocycles. The second-order valence-corrected chi connectivity index (χ2v) is 7.95. The van der Waals surface area contributed by atoms with Gasteiger partial charge in [0, 0.05) is 17.1 Å². The van der Waals surface area contributed by atoms with Crippen LogP contribution in [0.3, 0.4) is 0 Å². The van der Waals surface area contributed by atoms with E-state index in [4.69, 9.17) is 5.73 Å². The average molecular weight is 379 g/mol. The summed E-state index contributed by atoms with van der Waals surface area (Å²) in [6.07, 6.45) is 1.06. The first-order valence-corrected chi connectivity index (χ1v) is 8.73. The first-order chi connectivity index (χ1) is 9.73. The number of primary amides is 1. The molecule has 1 aliphatic heterocycles. The molecule has 2 rings (SSSR count). The molecule has 1 fully saturated rings. The number of amides is 1. The van der Waals surface area contributed by atoms with Gasteiger partial charge < -0.3 is 5.73 Å². The van der Waals surface area contributed by atoms with Crippen molar-refractivity contribution < 1.29 is 17.6 Å². The van der Waals surface area contributed by atoms with E-state index in [1.165, 1.54) is 12.1 Å². The number of hydrogen-bond donors (Lipinski definition) is 1. The van der Waals surface area contributed by atoms with Crippen LogP contribution in [-0.4, -0.2) is 31.2 Å². The van der Waals surface area contributed by atoms with Crippen molar-refractivity contribution in [2.45, 2.75) is 30.7 Å². The van der Waals surface area contributed by atoms with Crippen LogP contribution in [0.15, 0.2) is 27.6 Å². The number of hydrogen-bond acceptors (Lipinski definition) is 3. The van der Waals surface area contributed by atoms with Crippen molar-refractivity contribution in [1.29, 1.82) is 0 Å². The topological polar surface area (TPSA) is 80.5 Å². The van der Waals surface area contributed by atoms with Crippen LogP contribution < -0.4 is 5.73 Å². The second kappa shape index (κ2) is 6.02. The molecule has 8 heteroatoms. The van der Waals surface area contributed by atoms with Crippen molar-refractivity contribution in [2.75, 3.05) is 6.54 Å². The monoisotopic (exact) mass is 378 g/mol. The van der Waals surface area contributed by atoms with E-state index in [-0.39, 0.29) is 12.6 Å². The SMILES string of the molecule is C[C@@H]1CC[C@@H](C(N)=O)CN1S(=O)(=O)c1cc(Br)ccc1F. The summed E-state index contributed by atoms with van der Waals surface area (Å²) >= 11 is 3.14. The Bertz CT molecular complexity index is 665. The molecule has 116 valence electrons. The van der Waals surface area contributed by atoms with Crippen LogP contribution in [0.5, 0.6) is 0 Å². The maximum absolute atomic E-state index is 13.9. The van der Waals surface area contributed by atoms with E-state index in [2.05, 4.69) is 15.9 Å². The fraction of sp³-hybridized carbons (Fsp3) is 0.462. The van der Waals surface area contributed by atoms with Gasteiger partial charge in [-0.2, -0.15) is 4.31 Å². The molecule has 0 aliphatic carbocycles. The largest absolute Gasteiger partial charge is 0.369 e. The minimum atomic E-state index is -4.01. The predicted molar refractivity (Wildman–Crippen MR) is 79.4 cm³/mol. The molecule has 0 aromatic heterocycles. The number of halogens is 2. The zero-order chi connectivity index (χ0) is 15.8. The Labute approximate surface area is 131 Å². The van der Waals surface area contributed by atoms with Gasteiger partial charge in [0.25, 0.3) is 0 Å². The Morgan fingerprint density at radius 1 is 1.43 bits per heavy atom. The molecular formula is C13H16BrFN2O3S. The molecule has 2 atom stereocenters. The van der Waals surface area contributed by atoms with Crippen LogP contribution in [0.4, 0.5) is 4.39 Å². The van der Waals surface area contributed by atoms with Crippen molar-refractivity contribution in [3.8, 4) is 0 Å². The molecule has 0 radical (unpaired) electrons. The first kappa shape index (κ1) is 16.4. The zero-order valence-electron chi connectivity index (χ0n) is 11.4. The van der Waals surface area contributed by atoms with Crippen LogP contribution in [-0.2, 0) is 14.8 Å². The molecule has 5 nitrogen and oxygen atoms in total. The molecule has 1 saturated heterocycles. The Hall–Kier alpha value is -0.990. The second-order valence-electron chi connectivity index (χ2n) is 5.18. The number of carbonyl (C=O) groups excluding carboxylic acids is 1. The smallest absolute Gasteiger partial charge is 0.246 e. The van der Waals surface area contributed by atoms with E-state index < -0.39 is 32.6 Å². The maximum atomic E-state index is 13.9. The van der Waals surface area contributed by atoms with E-state index in [1.54, 1.807) is 6.92 Å².